The number of hydrogen-bond acceptors (Lipinski definition) is 4. The normalized spacial score (nSPS) is 21.0. The van der Waals surface area contributed by atoms with Gasteiger partial charge in [-0.2, -0.15) is 0 Å². The molecule has 1 fully saturated rings. The predicted octanol–water partition coefficient (Wildman–Crippen LogP) is 0.715. The molecule has 1 unspecified atom stereocenters. The Morgan fingerprint density at radius 2 is 1.90 bits per heavy atom. The zero-order valence-electron chi connectivity index (χ0n) is 13.3. The van der Waals surface area contributed by atoms with Gasteiger partial charge in [-0.25, -0.2) is 12.7 Å². The standard InChI is InChI=1S/C14H28N2O4S/c1-4-8-14(3,18)11-15-13(17)12-6-9-16(10-7-12)21(19,20)5-2/h12,18H,4-11H2,1-3H3,(H,15,17). The zero-order chi connectivity index (χ0) is 16.1. The summed E-state index contributed by atoms with van der Waals surface area (Å²) in [4.78, 5) is 12.1. The van der Waals surface area contributed by atoms with E-state index in [0.717, 1.165) is 6.42 Å². The molecule has 1 saturated heterocycles. The monoisotopic (exact) mass is 320 g/mol. The summed E-state index contributed by atoms with van der Waals surface area (Å²) in [5.74, 6) is -0.144. The molecule has 0 spiro atoms. The van der Waals surface area contributed by atoms with Crippen molar-refractivity contribution in [2.75, 3.05) is 25.4 Å². The van der Waals surface area contributed by atoms with Crippen LogP contribution in [0.15, 0.2) is 0 Å². The van der Waals surface area contributed by atoms with E-state index in [1.165, 1.54) is 4.31 Å². The van der Waals surface area contributed by atoms with Gasteiger partial charge < -0.3 is 10.4 Å². The lowest BCUT2D eigenvalue weighted by atomic mass is 9.96. The molecule has 0 radical (unpaired) electrons. The van der Waals surface area contributed by atoms with Crippen LogP contribution in [0.5, 0.6) is 0 Å². The molecule has 7 heteroatoms. The van der Waals surface area contributed by atoms with Gasteiger partial charge in [0.1, 0.15) is 0 Å². The summed E-state index contributed by atoms with van der Waals surface area (Å²) < 4.78 is 25.0. The minimum atomic E-state index is -3.15. The number of rotatable bonds is 7. The van der Waals surface area contributed by atoms with E-state index in [1.807, 2.05) is 6.92 Å². The Morgan fingerprint density at radius 1 is 1.33 bits per heavy atom. The van der Waals surface area contributed by atoms with Gasteiger partial charge >= 0.3 is 0 Å². The van der Waals surface area contributed by atoms with Gasteiger partial charge in [0.25, 0.3) is 0 Å². The predicted molar refractivity (Wildman–Crippen MR) is 82.3 cm³/mol. The number of aliphatic hydroxyl groups is 1. The maximum Gasteiger partial charge on any atom is 0.223 e. The highest BCUT2D eigenvalue weighted by Crippen LogP contribution is 2.20. The topological polar surface area (TPSA) is 86.7 Å². The lowest BCUT2D eigenvalue weighted by molar-refractivity contribution is -0.127. The first-order valence-corrected chi connectivity index (χ1v) is 9.30. The van der Waals surface area contributed by atoms with Crippen LogP contribution >= 0.6 is 0 Å². The summed E-state index contributed by atoms with van der Waals surface area (Å²) in [5.41, 5.74) is -0.878. The first-order valence-electron chi connectivity index (χ1n) is 7.69. The molecule has 1 amide bonds. The van der Waals surface area contributed by atoms with Crippen molar-refractivity contribution >= 4 is 15.9 Å². The molecule has 0 aromatic heterocycles. The van der Waals surface area contributed by atoms with Gasteiger partial charge in [0.15, 0.2) is 0 Å². The molecule has 0 saturated carbocycles. The number of amides is 1. The molecular formula is C14H28N2O4S. The van der Waals surface area contributed by atoms with Crippen molar-refractivity contribution in [2.45, 2.75) is 52.1 Å². The van der Waals surface area contributed by atoms with Crippen LogP contribution in [0.3, 0.4) is 0 Å². The number of nitrogens with zero attached hydrogens (tertiary/aromatic N) is 1. The Kier molecular flexibility index (Phi) is 6.62. The van der Waals surface area contributed by atoms with E-state index in [1.54, 1.807) is 13.8 Å². The van der Waals surface area contributed by atoms with E-state index in [9.17, 15) is 18.3 Å². The van der Waals surface area contributed by atoms with Crippen molar-refractivity contribution in [2.24, 2.45) is 5.92 Å². The molecule has 0 bridgehead atoms. The molecule has 21 heavy (non-hydrogen) atoms. The highest BCUT2D eigenvalue weighted by Gasteiger charge is 2.31. The van der Waals surface area contributed by atoms with Crippen molar-refractivity contribution in [1.29, 1.82) is 0 Å². The number of carbonyl (C=O) groups excluding carboxylic acids is 1. The van der Waals surface area contributed by atoms with Gasteiger partial charge in [0, 0.05) is 25.6 Å². The molecule has 1 aliphatic rings. The summed E-state index contributed by atoms with van der Waals surface area (Å²) in [6.45, 7) is 6.38. The summed E-state index contributed by atoms with van der Waals surface area (Å²) in [6.07, 6.45) is 2.58. The van der Waals surface area contributed by atoms with Gasteiger partial charge in [0.05, 0.1) is 11.4 Å². The van der Waals surface area contributed by atoms with E-state index in [0.29, 0.717) is 32.4 Å². The summed E-state index contributed by atoms with van der Waals surface area (Å²) in [7, 11) is -3.15. The second kappa shape index (κ2) is 7.56. The van der Waals surface area contributed by atoms with E-state index in [-0.39, 0.29) is 24.1 Å². The molecule has 124 valence electrons. The molecular weight excluding hydrogens is 292 g/mol. The van der Waals surface area contributed by atoms with Gasteiger partial charge in [0.2, 0.25) is 15.9 Å². The van der Waals surface area contributed by atoms with Crippen molar-refractivity contribution in [3.05, 3.63) is 0 Å². The van der Waals surface area contributed by atoms with Crippen molar-refractivity contribution in [3.63, 3.8) is 0 Å². The number of hydrogen-bond donors (Lipinski definition) is 2. The van der Waals surface area contributed by atoms with Crippen LogP contribution in [0.2, 0.25) is 0 Å². The van der Waals surface area contributed by atoms with Gasteiger partial charge in [-0.1, -0.05) is 13.3 Å². The van der Waals surface area contributed by atoms with Crippen molar-refractivity contribution < 1.29 is 18.3 Å². The fourth-order valence-electron chi connectivity index (χ4n) is 2.63. The first kappa shape index (κ1) is 18.4. The largest absolute Gasteiger partial charge is 0.388 e. The van der Waals surface area contributed by atoms with Crippen LogP contribution in [-0.2, 0) is 14.8 Å². The molecule has 0 aromatic rings. The summed E-state index contributed by atoms with van der Waals surface area (Å²) in [5, 5.41) is 12.8. The van der Waals surface area contributed by atoms with Crippen LogP contribution in [0.1, 0.15) is 46.5 Å². The van der Waals surface area contributed by atoms with Gasteiger partial charge in [-0.15, -0.1) is 0 Å². The van der Waals surface area contributed by atoms with E-state index < -0.39 is 15.6 Å². The summed E-state index contributed by atoms with van der Waals surface area (Å²) in [6, 6.07) is 0. The molecule has 6 nitrogen and oxygen atoms in total. The van der Waals surface area contributed by atoms with Crippen LogP contribution in [0, 0.1) is 5.92 Å². The maximum absolute atomic E-state index is 12.1. The third-order valence-electron chi connectivity index (χ3n) is 4.01. The quantitative estimate of drug-likeness (QED) is 0.723. The number of nitrogens with one attached hydrogen (secondary N) is 1. The smallest absolute Gasteiger partial charge is 0.223 e. The molecule has 0 aromatic carbocycles. The third-order valence-corrected chi connectivity index (χ3v) is 5.90. The van der Waals surface area contributed by atoms with Crippen LogP contribution < -0.4 is 5.32 Å². The lowest BCUT2D eigenvalue weighted by Gasteiger charge is -2.31. The fraction of sp³-hybridized carbons (Fsp3) is 0.929. The zero-order valence-corrected chi connectivity index (χ0v) is 14.1. The molecule has 0 aliphatic carbocycles. The van der Waals surface area contributed by atoms with E-state index in [2.05, 4.69) is 5.32 Å². The molecule has 1 aliphatic heterocycles. The molecule has 2 N–H and O–H groups in total. The fourth-order valence-corrected chi connectivity index (χ4v) is 3.76. The van der Waals surface area contributed by atoms with Crippen molar-refractivity contribution in [3.8, 4) is 0 Å². The van der Waals surface area contributed by atoms with Gasteiger partial charge in [-0.3, -0.25) is 4.79 Å². The Balaban J connectivity index is 2.42. The average molecular weight is 320 g/mol. The SMILES string of the molecule is CCCC(C)(O)CNC(=O)C1CCN(S(=O)(=O)CC)CC1. The second-order valence-corrected chi connectivity index (χ2v) is 8.30. The molecule has 1 rings (SSSR count). The Hall–Kier alpha value is -0.660. The molecule has 1 heterocycles. The van der Waals surface area contributed by atoms with Gasteiger partial charge in [-0.05, 0) is 33.1 Å². The number of piperidine rings is 1. The summed E-state index contributed by atoms with van der Waals surface area (Å²) >= 11 is 0. The minimum absolute atomic E-state index is 0.0834. The molecule has 1 atom stereocenters. The lowest BCUT2D eigenvalue weighted by Crippen LogP contribution is -2.46. The van der Waals surface area contributed by atoms with E-state index >= 15 is 0 Å². The Bertz CT molecular complexity index is 440. The third kappa shape index (κ3) is 5.56. The minimum Gasteiger partial charge on any atom is -0.388 e. The van der Waals surface area contributed by atoms with Crippen LogP contribution in [0.25, 0.3) is 0 Å². The van der Waals surface area contributed by atoms with Crippen LogP contribution in [-0.4, -0.2) is 54.7 Å². The highest BCUT2D eigenvalue weighted by atomic mass is 32.2. The van der Waals surface area contributed by atoms with Crippen molar-refractivity contribution in [1.82, 2.24) is 9.62 Å². The highest BCUT2D eigenvalue weighted by molar-refractivity contribution is 7.89. The average Bonchev–Trinajstić information content (AvgIpc) is 2.45. The maximum atomic E-state index is 12.1. The Labute approximate surface area is 128 Å². The first-order chi connectivity index (χ1) is 9.72. The van der Waals surface area contributed by atoms with E-state index in [4.69, 9.17) is 0 Å². The number of sulfonamides is 1. The second-order valence-electron chi connectivity index (χ2n) is 6.04. The Morgan fingerprint density at radius 3 is 2.38 bits per heavy atom. The van der Waals surface area contributed by atoms with Crippen LogP contribution in [0.4, 0.5) is 0 Å². The number of carbonyl (C=O) groups is 1.